The average molecular weight is 181 g/mol. The third kappa shape index (κ3) is 1.67. The van der Waals surface area contributed by atoms with Gasteiger partial charge < -0.3 is 9.64 Å². The summed E-state index contributed by atoms with van der Waals surface area (Å²) in [6, 6.07) is 2.12. The van der Waals surface area contributed by atoms with Crippen LogP contribution in [0.5, 0.6) is 0 Å². The molecule has 4 nitrogen and oxygen atoms in total. The van der Waals surface area contributed by atoms with Crippen molar-refractivity contribution in [1.29, 1.82) is 0 Å². The summed E-state index contributed by atoms with van der Waals surface area (Å²) in [6.45, 7) is 5.61. The summed E-state index contributed by atoms with van der Waals surface area (Å²) in [5, 5.41) is 4.32. The normalized spacial score (nSPS) is 17.8. The van der Waals surface area contributed by atoms with E-state index in [1.54, 1.807) is 0 Å². The summed E-state index contributed by atoms with van der Waals surface area (Å²) < 4.78 is 7.23. The first-order chi connectivity index (χ1) is 6.27. The molecular weight excluding hydrogens is 166 g/mol. The fourth-order valence-electron chi connectivity index (χ4n) is 1.69. The molecule has 0 unspecified atom stereocenters. The first-order valence-corrected chi connectivity index (χ1v) is 4.61. The molecular formula is C9H15N3O. The second kappa shape index (κ2) is 3.38. The van der Waals surface area contributed by atoms with Crippen LogP contribution in [-0.2, 0) is 11.8 Å². The van der Waals surface area contributed by atoms with Crippen molar-refractivity contribution in [2.24, 2.45) is 7.05 Å². The number of morpholine rings is 1. The number of hydrogen-bond acceptors (Lipinski definition) is 3. The van der Waals surface area contributed by atoms with Crippen LogP contribution in [0, 0.1) is 6.92 Å². The molecule has 2 heterocycles. The molecule has 0 spiro atoms. The monoisotopic (exact) mass is 181 g/mol. The van der Waals surface area contributed by atoms with Crippen LogP contribution in [0.2, 0.25) is 0 Å². The van der Waals surface area contributed by atoms with Gasteiger partial charge in [-0.05, 0) is 6.92 Å². The predicted molar refractivity (Wildman–Crippen MR) is 51.0 cm³/mol. The molecule has 1 aromatic rings. The highest BCUT2D eigenvalue weighted by Crippen LogP contribution is 2.15. The van der Waals surface area contributed by atoms with E-state index in [9.17, 15) is 0 Å². The number of hydrogen-bond donors (Lipinski definition) is 0. The standard InChI is InChI=1S/C9H15N3O/c1-8-7-9(11(2)10-8)12-3-5-13-6-4-12/h7H,3-6H2,1-2H3. The van der Waals surface area contributed by atoms with Crippen molar-refractivity contribution in [1.82, 2.24) is 9.78 Å². The number of anilines is 1. The summed E-state index contributed by atoms with van der Waals surface area (Å²) >= 11 is 0. The van der Waals surface area contributed by atoms with Gasteiger partial charge in [-0.3, -0.25) is 4.68 Å². The number of aryl methyl sites for hydroxylation is 2. The van der Waals surface area contributed by atoms with E-state index in [0.29, 0.717) is 0 Å². The predicted octanol–water partition coefficient (Wildman–Crippen LogP) is 0.565. The molecule has 0 atom stereocenters. The Labute approximate surface area is 78.1 Å². The molecule has 1 fully saturated rings. The van der Waals surface area contributed by atoms with Crippen LogP contribution in [0.3, 0.4) is 0 Å². The zero-order valence-corrected chi connectivity index (χ0v) is 8.16. The van der Waals surface area contributed by atoms with Crippen molar-refractivity contribution in [2.75, 3.05) is 31.2 Å². The summed E-state index contributed by atoms with van der Waals surface area (Å²) in [5.41, 5.74) is 1.07. The van der Waals surface area contributed by atoms with Gasteiger partial charge in [0.2, 0.25) is 0 Å². The van der Waals surface area contributed by atoms with Gasteiger partial charge >= 0.3 is 0 Å². The zero-order valence-electron chi connectivity index (χ0n) is 8.16. The molecule has 0 aromatic carbocycles. The highest BCUT2D eigenvalue weighted by Gasteiger charge is 2.14. The van der Waals surface area contributed by atoms with Crippen molar-refractivity contribution in [3.05, 3.63) is 11.8 Å². The molecule has 0 saturated carbocycles. The maximum Gasteiger partial charge on any atom is 0.126 e. The Morgan fingerprint density at radius 2 is 2.08 bits per heavy atom. The van der Waals surface area contributed by atoms with E-state index in [2.05, 4.69) is 16.1 Å². The quantitative estimate of drug-likeness (QED) is 0.634. The van der Waals surface area contributed by atoms with Crippen LogP contribution in [-0.4, -0.2) is 36.1 Å². The third-order valence-electron chi connectivity index (χ3n) is 2.31. The van der Waals surface area contributed by atoms with Gasteiger partial charge in [-0.15, -0.1) is 0 Å². The Kier molecular flexibility index (Phi) is 2.22. The third-order valence-corrected chi connectivity index (χ3v) is 2.31. The Bertz CT molecular complexity index is 289. The lowest BCUT2D eigenvalue weighted by molar-refractivity contribution is 0.122. The smallest absolute Gasteiger partial charge is 0.126 e. The minimum Gasteiger partial charge on any atom is -0.378 e. The maximum atomic E-state index is 5.30. The van der Waals surface area contributed by atoms with E-state index in [-0.39, 0.29) is 0 Å². The summed E-state index contributed by atoms with van der Waals surface area (Å²) in [6.07, 6.45) is 0. The number of rotatable bonds is 1. The van der Waals surface area contributed by atoms with Gasteiger partial charge in [-0.2, -0.15) is 5.10 Å². The average Bonchev–Trinajstić information content (AvgIpc) is 2.47. The van der Waals surface area contributed by atoms with Crippen LogP contribution < -0.4 is 4.90 Å². The fourth-order valence-corrected chi connectivity index (χ4v) is 1.69. The largest absolute Gasteiger partial charge is 0.378 e. The van der Waals surface area contributed by atoms with Crippen LogP contribution in [0.25, 0.3) is 0 Å². The van der Waals surface area contributed by atoms with Gasteiger partial charge in [0, 0.05) is 26.2 Å². The van der Waals surface area contributed by atoms with E-state index in [4.69, 9.17) is 4.74 Å². The summed E-state index contributed by atoms with van der Waals surface area (Å²) in [7, 11) is 1.98. The Morgan fingerprint density at radius 1 is 1.38 bits per heavy atom. The molecule has 0 amide bonds. The second-order valence-corrected chi connectivity index (χ2v) is 3.37. The molecule has 1 aromatic heterocycles. The number of aromatic nitrogens is 2. The van der Waals surface area contributed by atoms with Crippen LogP contribution in [0.15, 0.2) is 6.07 Å². The van der Waals surface area contributed by atoms with E-state index >= 15 is 0 Å². The lowest BCUT2D eigenvalue weighted by Crippen LogP contribution is -2.37. The molecule has 1 aliphatic rings. The molecule has 2 rings (SSSR count). The van der Waals surface area contributed by atoms with E-state index in [0.717, 1.165) is 32.0 Å². The number of ether oxygens (including phenoxy) is 1. The van der Waals surface area contributed by atoms with Crippen LogP contribution in [0.4, 0.5) is 5.82 Å². The van der Waals surface area contributed by atoms with Crippen molar-refractivity contribution in [3.63, 3.8) is 0 Å². The SMILES string of the molecule is Cc1cc(N2CCOCC2)n(C)n1. The zero-order chi connectivity index (χ0) is 9.26. The van der Waals surface area contributed by atoms with Crippen molar-refractivity contribution >= 4 is 5.82 Å². The van der Waals surface area contributed by atoms with E-state index in [1.165, 1.54) is 5.82 Å². The molecule has 4 heteroatoms. The summed E-state index contributed by atoms with van der Waals surface area (Å²) in [5.74, 6) is 1.20. The first kappa shape index (κ1) is 8.56. The lowest BCUT2D eigenvalue weighted by Gasteiger charge is -2.28. The second-order valence-electron chi connectivity index (χ2n) is 3.37. The Morgan fingerprint density at radius 3 is 2.62 bits per heavy atom. The minimum atomic E-state index is 0.824. The molecule has 0 radical (unpaired) electrons. The molecule has 1 aliphatic heterocycles. The van der Waals surface area contributed by atoms with E-state index in [1.807, 2.05) is 18.7 Å². The fraction of sp³-hybridized carbons (Fsp3) is 0.667. The van der Waals surface area contributed by atoms with Gasteiger partial charge in [-0.1, -0.05) is 0 Å². The lowest BCUT2D eigenvalue weighted by atomic mass is 10.4. The highest BCUT2D eigenvalue weighted by molar-refractivity contribution is 5.40. The minimum absolute atomic E-state index is 0.824. The van der Waals surface area contributed by atoms with E-state index < -0.39 is 0 Å². The van der Waals surface area contributed by atoms with Crippen molar-refractivity contribution in [3.8, 4) is 0 Å². The van der Waals surface area contributed by atoms with Gasteiger partial charge in [0.25, 0.3) is 0 Å². The first-order valence-electron chi connectivity index (χ1n) is 4.61. The topological polar surface area (TPSA) is 30.3 Å². The molecule has 0 aliphatic carbocycles. The maximum absolute atomic E-state index is 5.30. The molecule has 0 bridgehead atoms. The van der Waals surface area contributed by atoms with Gasteiger partial charge in [0.15, 0.2) is 0 Å². The molecule has 72 valence electrons. The van der Waals surface area contributed by atoms with Gasteiger partial charge in [0.1, 0.15) is 5.82 Å². The highest BCUT2D eigenvalue weighted by atomic mass is 16.5. The molecule has 0 N–H and O–H groups in total. The number of nitrogens with zero attached hydrogens (tertiary/aromatic N) is 3. The van der Waals surface area contributed by atoms with Crippen LogP contribution in [0.1, 0.15) is 5.69 Å². The van der Waals surface area contributed by atoms with Crippen molar-refractivity contribution < 1.29 is 4.74 Å². The molecule has 13 heavy (non-hydrogen) atoms. The Hall–Kier alpha value is -1.03. The molecule has 1 saturated heterocycles. The van der Waals surface area contributed by atoms with Crippen LogP contribution >= 0.6 is 0 Å². The van der Waals surface area contributed by atoms with Gasteiger partial charge in [0.05, 0.1) is 18.9 Å². The summed E-state index contributed by atoms with van der Waals surface area (Å²) in [4.78, 5) is 2.31. The van der Waals surface area contributed by atoms with Gasteiger partial charge in [-0.25, -0.2) is 0 Å². The van der Waals surface area contributed by atoms with Crippen molar-refractivity contribution in [2.45, 2.75) is 6.92 Å². The Balaban J connectivity index is 2.18.